The molecular formula is C20H22Cl2N2O4. The number of anilines is 1. The molecular weight excluding hydrogens is 403 g/mol. The van der Waals surface area contributed by atoms with Crippen LogP contribution in [0.25, 0.3) is 0 Å². The first-order valence-electron chi connectivity index (χ1n) is 8.63. The number of rotatable bonds is 9. The molecule has 0 saturated heterocycles. The molecule has 2 aromatic carbocycles. The van der Waals surface area contributed by atoms with Crippen molar-refractivity contribution in [2.45, 2.75) is 12.8 Å². The second kappa shape index (κ2) is 10.9. The van der Waals surface area contributed by atoms with E-state index in [2.05, 4.69) is 10.6 Å². The van der Waals surface area contributed by atoms with Crippen molar-refractivity contribution >= 4 is 40.7 Å². The van der Waals surface area contributed by atoms with Gasteiger partial charge in [-0.2, -0.15) is 0 Å². The predicted molar refractivity (Wildman–Crippen MR) is 111 cm³/mol. The van der Waals surface area contributed by atoms with E-state index in [1.165, 1.54) is 0 Å². The number of carbonyl (C=O) groups excluding carboxylic acids is 2. The highest BCUT2D eigenvalue weighted by molar-refractivity contribution is 6.34. The summed E-state index contributed by atoms with van der Waals surface area (Å²) in [5.41, 5.74) is 1.79. The molecule has 2 aromatic rings. The maximum Gasteiger partial charge on any atom is 0.252 e. The molecule has 2 N–H and O–H groups in total. The quantitative estimate of drug-likeness (QED) is 0.597. The number of hydrogen-bond acceptors (Lipinski definition) is 4. The molecule has 0 aliphatic rings. The lowest BCUT2D eigenvalue weighted by atomic mass is 10.1. The van der Waals surface area contributed by atoms with Crippen LogP contribution >= 0.6 is 23.2 Å². The Morgan fingerprint density at radius 3 is 2.46 bits per heavy atom. The highest BCUT2D eigenvalue weighted by Gasteiger charge is 2.12. The van der Waals surface area contributed by atoms with Crippen molar-refractivity contribution in [1.29, 1.82) is 0 Å². The molecule has 0 fully saturated rings. The van der Waals surface area contributed by atoms with Crippen LogP contribution in [0.1, 0.15) is 22.3 Å². The third kappa shape index (κ3) is 6.41. The Hall–Kier alpha value is -2.28. The van der Waals surface area contributed by atoms with Crippen LogP contribution in [0.3, 0.4) is 0 Å². The molecule has 8 heteroatoms. The van der Waals surface area contributed by atoms with Crippen LogP contribution in [0.4, 0.5) is 5.69 Å². The summed E-state index contributed by atoms with van der Waals surface area (Å²) in [5.74, 6) is 0.132. The van der Waals surface area contributed by atoms with Crippen molar-refractivity contribution in [3.8, 4) is 5.75 Å². The number of aryl methyl sites for hydroxylation is 1. The van der Waals surface area contributed by atoms with Crippen LogP contribution in [0.2, 0.25) is 10.0 Å². The molecule has 0 aliphatic heterocycles. The Labute approximate surface area is 174 Å². The summed E-state index contributed by atoms with van der Waals surface area (Å²) in [6.45, 7) is 0.802. The third-order valence-corrected chi connectivity index (χ3v) is 4.55. The number of ether oxygens (including phenoxy) is 2. The number of halogens is 2. The summed E-state index contributed by atoms with van der Waals surface area (Å²) in [4.78, 5) is 24.2. The Morgan fingerprint density at radius 2 is 1.82 bits per heavy atom. The molecule has 0 atom stereocenters. The summed E-state index contributed by atoms with van der Waals surface area (Å²) >= 11 is 12.3. The van der Waals surface area contributed by atoms with Gasteiger partial charge in [0.15, 0.2) is 0 Å². The number of carbonyl (C=O) groups is 2. The average Bonchev–Trinajstić information content (AvgIpc) is 2.66. The number of nitrogens with one attached hydrogen (secondary N) is 2. The second-order valence-corrected chi connectivity index (χ2v) is 6.77. The van der Waals surface area contributed by atoms with Gasteiger partial charge in [-0.05, 0) is 42.3 Å². The van der Waals surface area contributed by atoms with Crippen LogP contribution in [-0.2, 0) is 16.0 Å². The minimum atomic E-state index is -0.295. The molecule has 0 saturated carbocycles. The fourth-order valence-electron chi connectivity index (χ4n) is 2.49. The molecule has 0 heterocycles. The first-order chi connectivity index (χ1) is 13.4. The maximum atomic E-state index is 12.2. The largest absolute Gasteiger partial charge is 0.495 e. The minimum absolute atomic E-state index is 0.166. The summed E-state index contributed by atoms with van der Waals surface area (Å²) in [7, 11) is 3.10. The normalized spacial score (nSPS) is 10.4. The fraction of sp³-hybridized carbons (Fsp3) is 0.300. The highest BCUT2D eigenvalue weighted by atomic mass is 35.5. The maximum absolute atomic E-state index is 12.2. The lowest BCUT2D eigenvalue weighted by Crippen LogP contribution is -2.27. The van der Waals surface area contributed by atoms with Crippen molar-refractivity contribution in [2.75, 3.05) is 32.7 Å². The van der Waals surface area contributed by atoms with Gasteiger partial charge in [0, 0.05) is 25.8 Å². The van der Waals surface area contributed by atoms with E-state index in [0.29, 0.717) is 41.6 Å². The van der Waals surface area contributed by atoms with Gasteiger partial charge >= 0.3 is 0 Å². The van der Waals surface area contributed by atoms with Crippen LogP contribution in [-0.4, -0.2) is 39.2 Å². The summed E-state index contributed by atoms with van der Waals surface area (Å²) < 4.78 is 10.00. The van der Waals surface area contributed by atoms with Crippen LogP contribution in [0, 0.1) is 0 Å². The topological polar surface area (TPSA) is 76.7 Å². The molecule has 0 aromatic heterocycles. The number of methoxy groups -OCH3 is 2. The number of amides is 2. The molecule has 6 nitrogen and oxygen atoms in total. The van der Waals surface area contributed by atoms with Gasteiger partial charge in [0.05, 0.1) is 29.3 Å². The minimum Gasteiger partial charge on any atom is -0.495 e. The van der Waals surface area contributed by atoms with Gasteiger partial charge in [-0.1, -0.05) is 29.3 Å². The smallest absolute Gasteiger partial charge is 0.252 e. The Kier molecular flexibility index (Phi) is 8.57. The van der Waals surface area contributed by atoms with E-state index < -0.39 is 0 Å². The van der Waals surface area contributed by atoms with Gasteiger partial charge in [-0.3, -0.25) is 9.59 Å². The zero-order chi connectivity index (χ0) is 20.5. The van der Waals surface area contributed by atoms with Crippen molar-refractivity contribution in [3.05, 3.63) is 57.6 Å². The Balaban J connectivity index is 1.90. The van der Waals surface area contributed by atoms with Gasteiger partial charge in [-0.15, -0.1) is 0 Å². The van der Waals surface area contributed by atoms with E-state index in [-0.39, 0.29) is 23.3 Å². The standard InChI is InChI=1S/C20H22Cl2N2O4/c1-27-10-9-23-20(26)15-6-5-14(12-16(15)21)24-19(25)8-4-13-3-7-18(28-2)17(22)11-13/h3,5-7,11-12H,4,8-10H2,1-2H3,(H,23,26)(H,24,25). The lowest BCUT2D eigenvalue weighted by molar-refractivity contribution is -0.116. The molecule has 0 aliphatic carbocycles. The third-order valence-electron chi connectivity index (χ3n) is 3.95. The molecule has 2 amide bonds. The first kappa shape index (κ1) is 22.0. The molecule has 0 radical (unpaired) electrons. The van der Waals surface area contributed by atoms with Crippen molar-refractivity contribution < 1.29 is 19.1 Å². The van der Waals surface area contributed by atoms with Gasteiger partial charge in [0.25, 0.3) is 5.91 Å². The van der Waals surface area contributed by atoms with E-state index in [4.69, 9.17) is 32.7 Å². The zero-order valence-electron chi connectivity index (χ0n) is 15.7. The Morgan fingerprint density at radius 1 is 1.04 bits per heavy atom. The predicted octanol–water partition coefficient (Wildman–Crippen LogP) is 3.95. The molecule has 0 bridgehead atoms. The van der Waals surface area contributed by atoms with Gasteiger partial charge < -0.3 is 20.1 Å². The monoisotopic (exact) mass is 424 g/mol. The van der Waals surface area contributed by atoms with E-state index in [1.807, 2.05) is 6.07 Å². The van der Waals surface area contributed by atoms with Crippen LogP contribution in [0.15, 0.2) is 36.4 Å². The second-order valence-electron chi connectivity index (χ2n) is 5.96. The molecule has 2 rings (SSSR count). The Bertz CT molecular complexity index is 843. The van der Waals surface area contributed by atoms with Crippen LogP contribution < -0.4 is 15.4 Å². The van der Waals surface area contributed by atoms with Crippen molar-refractivity contribution in [3.63, 3.8) is 0 Å². The molecule has 0 spiro atoms. The van der Waals surface area contributed by atoms with E-state index in [1.54, 1.807) is 44.6 Å². The summed E-state index contributed by atoms with van der Waals surface area (Å²) in [5, 5.41) is 6.24. The van der Waals surface area contributed by atoms with Crippen molar-refractivity contribution in [2.24, 2.45) is 0 Å². The van der Waals surface area contributed by atoms with Crippen LogP contribution in [0.5, 0.6) is 5.75 Å². The molecule has 0 unspecified atom stereocenters. The molecule has 28 heavy (non-hydrogen) atoms. The highest BCUT2D eigenvalue weighted by Crippen LogP contribution is 2.25. The number of benzene rings is 2. The van der Waals surface area contributed by atoms with E-state index in [9.17, 15) is 9.59 Å². The fourth-order valence-corrected chi connectivity index (χ4v) is 3.03. The number of hydrogen-bond donors (Lipinski definition) is 2. The average molecular weight is 425 g/mol. The van der Waals surface area contributed by atoms with Gasteiger partial charge in [0.1, 0.15) is 5.75 Å². The van der Waals surface area contributed by atoms with Crippen molar-refractivity contribution in [1.82, 2.24) is 5.32 Å². The zero-order valence-corrected chi connectivity index (χ0v) is 17.2. The van der Waals surface area contributed by atoms with E-state index >= 15 is 0 Å². The molecule has 150 valence electrons. The van der Waals surface area contributed by atoms with Gasteiger partial charge in [-0.25, -0.2) is 0 Å². The summed E-state index contributed by atoms with van der Waals surface area (Å²) in [6.07, 6.45) is 0.808. The summed E-state index contributed by atoms with van der Waals surface area (Å²) in [6, 6.07) is 10.2. The van der Waals surface area contributed by atoms with E-state index in [0.717, 1.165) is 5.56 Å². The first-order valence-corrected chi connectivity index (χ1v) is 9.39. The lowest BCUT2D eigenvalue weighted by Gasteiger charge is -2.10. The SMILES string of the molecule is COCCNC(=O)c1ccc(NC(=O)CCc2ccc(OC)c(Cl)c2)cc1Cl. The van der Waals surface area contributed by atoms with Gasteiger partial charge in [0.2, 0.25) is 5.91 Å².